The van der Waals surface area contributed by atoms with E-state index in [1.54, 1.807) is 18.2 Å². The van der Waals surface area contributed by atoms with E-state index in [4.69, 9.17) is 9.47 Å². The molecule has 0 heterocycles. The molecule has 0 aliphatic heterocycles. The van der Waals surface area contributed by atoms with Gasteiger partial charge in [0.1, 0.15) is 13.2 Å². The van der Waals surface area contributed by atoms with Gasteiger partial charge in [0.2, 0.25) is 0 Å². The normalized spacial score (nSPS) is 11.4. The Morgan fingerprint density at radius 2 is 1.26 bits per heavy atom. The van der Waals surface area contributed by atoms with Crippen molar-refractivity contribution in [2.24, 2.45) is 5.10 Å². The van der Waals surface area contributed by atoms with E-state index in [2.05, 4.69) is 10.5 Å². The fourth-order valence-electron chi connectivity index (χ4n) is 3.31. The Bertz CT molecular complexity index is 1260. The second kappa shape index (κ2) is 11.2. The minimum absolute atomic E-state index is 0.125. The SMILES string of the molecule is FC(F)(F)c1ccccc1N/N=C\c1ccc(OCc2ccccc2)c(OCc2ccccc2)c1. The minimum Gasteiger partial charge on any atom is -0.485 e. The van der Waals surface area contributed by atoms with Crippen molar-refractivity contribution in [2.75, 3.05) is 5.43 Å². The summed E-state index contributed by atoms with van der Waals surface area (Å²) in [5.74, 6) is 1.06. The molecule has 4 nitrogen and oxygen atoms in total. The highest BCUT2D eigenvalue weighted by atomic mass is 19.4. The van der Waals surface area contributed by atoms with Crippen LogP contribution in [-0.2, 0) is 19.4 Å². The number of alkyl halides is 3. The standard InChI is InChI=1S/C28H23F3N2O2/c29-28(30,31)24-13-7-8-14-25(24)33-32-18-23-15-16-26(34-19-21-9-3-1-4-10-21)27(17-23)35-20-22-11-5-2-6-12-22/h1-18,33H,19-20H2/b32-18-. The number of nitrogens with zero attached hydrogens (tertiary/aromatic N) is 1. The van der Waals surface area contributed by atoms with Gasteiger partial charge in [-0.3, -0.25) is 5.43 Å². The van der Waals surface area contributed by atoms with Crippen molar-refractivity contribution >= 4 is 11.9 Å². The summed E-state index contributed by atoms with van der Waals surface area (Å²) >= 11 is 0. The summed E-state index contributed by atoms with van der Waals surface area (Å²) in [4.78, 5) is 0. The van der Waals surface area contributed by atoms with Crippen molar-refractivity contribution in [3.05, 3.63) is 125 Å². The Kier molecular flexibility index (Phi) is 7.67. The lowest BCUT2D eigenvalue weighted by Crippen LogP contribution is -2.08. The molecule has 0 fully saturated rings. The molecule has 35 heavy (non-hydrogen) atoms. The lowest BCUT2D eigenvalue weighted by atomic mass is 10.2. The van der Waals surface area contributed by atoms with E-state index in [1.165, 1.54) is 24.4 Å². The summed E-state index contributed by atoms with van der Waals surface area (Å²) < 4.78 is 51.6. The molecule has 0 radical (unpaired) electrons. The zero-order valence-electron chi connectivity index (χ0n) is 18.7. The Morgan fingerprint density at radius 1 is 0.686 bits per heavy atom. The smallest absolute Gasteiger partial charge is 0.418 e. The molecule has 0 saturated carbocycles. The zero-order chi connectivity index (χ0) is 24.5. The number of hydrogen-bond donors (Lipinski definition) is 1. The first-order chi connectivity index (χ1) is 17.0. The molecule has 4 aromatic carbocycles. The number of benzene rings is 4. The van der Waals surface area contributed by atoms with Crippen molar-refractivity contribution in [3.8, 4) is 11.5 Å². The van der Waals surface area contributed by atoms with Crippen LogP contribution in [0.2, 0.25) is 0 Å². The molecule has 0 bridgehead atoms. The maximum atomic E-state index is 13.2. The molecular weight excluding hydrogens is 453 g/mol. The number of rotatable bonds is 9. The Labute approximate surface area is 201 Å². The van der Waals surface area contributed by atoms with E-state index in [0.717, 1.165) is 17.2 Å². The van der Waals surface area contributed by atoms with Crippen LogP contribution in [0.25, 0.3) is 0 Å². The highest BCUT2D eigenvalue weighted by molar-refractivity contribution is 5.81. The molecule has 1 N–H and O–H groups in total. The van der Waals surface area contributed by atoms with E-state index in [1.807, 2.05) is 60.7 Å². The molecule has 0 unspecified atom stereocenters. The van der Waals surface area contributed by atoms with Gasteiger partial charge in [0.15, 0.2) is 11.5 Å². The third-order valence-corrected chi connectivity index (χ3v) is 5.07. The van der Waals surface area contributed by atoms with Crippen molar-refractivity contribution in [3.63, 3.8) is 0 Å². The van der Waals surface area contributed by atoms with Crippen LogP contribution in [0, 0.1) is 0 Å². The van der Waals surface area contributed by atoms with Gasteiger partial charge in [-0.05, 0) is 47.0 Å². The first-order valence-corrected chi connectivity index (χ1v) is 10.9. The Hall–Kier alpha value is -4.26. The molecule has 178 valence electrons. The summed E-state index contributed by atoms with van der Waals surface area (Å²) in [5, 5.41) is 4.00. The average Bonchev–Trinajstić information content (AvgIpc) is 2.88. The molecule has 0 amide bonds. The molecule has 4 rings (SSSR count). The van der Waals surface area contributed by atoms with Gasteiger partial charge in [0, 0.05) is 0 Å². The van der Waals surface area contributed by atoms with Crippen LogP contribution in [0.5, 0.6) is 11.5 Å². The summed E-state index contributed by atoms with van der Waals surface area (Å²) in [6.07, 6.45) is -3.04. The lowest BCUT2D eigenvalue weighted by Gasteiger charge is -2.14. The third kappa shape index (κ3) is 6.86. The molecule has 4 aromatic rings. The second-order valence-corrected chi connectivity index (χ2v) is 7.67. The largest absolute Gasteiger partial charge is 0.485 e. The first-order valence-electron chi connectivity index (χ1n) is 10.9. The van der Waals surface area contributed by atoms with Crippen LogP contribution >= 0.6 is 0 Å². The van der Waals surface area contributed by atoms with Crippen LogP contribution in [-0.4, -0.2) is 6.21 Å². The van der Waals surface area contributed by atoms with Crippen LogP contribution < -0.4 is 14.9 Å². The molecule has 0 aliphatic rings. The van der Waals surface area contributed by atoms with Crippen LogP contribution in [0.15, 0.2) is 108 Å². The molecule has 7 heteroatoms. The van der Waals surface area contributed by atoms with E-state index in [0.29, 0.717) is 30.3 Å². The molecule has 0 aromatic heterocycles. The fourth-order valence-corrected chi connectivity index (χ4v) is 3.31. The topological polar surface area (TPSA) is 42.9 Å². The average molecular weight is 476 g/mol. The maximum absolute atomic E-state index is 13.2. The monoisotopic (exact) mass is 476 g/mol. The predicted octanol–water partition coefficient (Wildman–Crippen LogP) is 7.31. The number of hydrazone groups is 1. The summed E-state index contributed by atoms with van der Waals surface area (Å²) in [6, 6.07) is 29.9. The van der Waals surface area contributed by atoms with Gasteiger partial charge >= 0.3 is 6.18 Å². The number of nitrogens with one attached hydrogen (secondary N) is 1. The Morgan fingerprint density at radius 3 is 1.89 bits per heavy atom. The van der Waals surface area contributed by atoms with Gasteiger partial charge in [-0.25, -0.2) is 0 Å². The molecule has 0 saturated heterocycles. The van der Waals surface area contributed by atoms with E-state index in [9.17, 15) is 13.2 Å². The van der Waals surface area contributed by atoms with Gasteiger partial charge < -0.3 is 9.47 Å². The molecule has 0 aliphatic carbocycles. The lowest BCUT2D eigenvalue weighted by molar-refractivity contribution is -0.136. The summed E-state index contributed by atoms with van der Waals surface area (Å²) in [5.41, 5.74) is 4.22. The Balaban J connectivity index is 1.51. The van der Waals surface area contributed by atoms with E-state index < -0.39 is 11.7 Å². The van der Waals surface area contributed by atoms with Gasteiger partial charge in [0.25, 0.3) is 0 Å². The second-order valence-electron chi connectivity index (χ2n) is 7.67. The first kappa shape index (κ1) is 23.9. The van der Waals surface area contributed by atoms with Gasteiger partial charge in [0.05, 0.1) is 17.5 Å². The van der Waals surface area contributed by atoms with Crippen molar-refractivity contribution in [1.82, 2.24) is 0 Å². The molecular formula is C28H23F3N2O2. The maximum Gasteiger partial charge on any atom is 0.418 e. The predicted molar refractivity (Wildman–Crippen MR) is 131 cm³/mol. The minimum atomic E-state index is -4.48. The quantitative estimate of drug-likeness (QED) is 0.203. The van der Waals surface area contributed by atoms with Crippen LogP contribution in [0.1, 0.15) is 22.3 Å². The summed E-state index contributed by atoms with van der Waals surface area (Å²) in [6.45, 7) is 0.700. The third-order valence-electron chi connectivity index (χ3n) is 5.07. The van der Waals surface area contributed by atoms with Crippen LogP contribution in [0.3, 0.4) is 0 Å². The van der Waals surface area contributed by atoms with Gasteiger partial charge in [-0.2, -0.15) is 18.3 Å². The number of anilines is 1. The number of para-hydroxylation sites is 1. The highest BCUT2D eigenvalue weighted by Crippen LogP contribution is 2.34. The van der Waals surface area contributed by atoms with Gasteiger partial charge in [-0.1, -0.05) is 72.8 Å². The number of hydrogen-bond acceptors (Lipinski definition) is 4. The number of halogens is 3. The van der Waals surface area contributed by atoms with Crippen molar-refractivity contribution in [1.29, 1.82) is 0 Å². The van der Waals surface area contributed by atoms with E-state index >= 15 is 0 Å². The highest BCUT2D eigenvalue weighted by Gasteiger charge is 2.33. The number of ether oxygens (including phenoxy) is 2. The molecule has 0 spiro atoms. The van der Waals surface area contributed by atoms with Crippen LogP contribution in [0.4, 0.5) is 18.9 Å². The van der Waals surface area contributed by atoms with Crippen molar-refractivity contribution < 1.29 is 22.6 Å². The summed E-state index contributed by atoms with van der Waals surface area (Å²) in [7, 11) is 0. The van der Waals surface area contributed by atoms with E-state index in [-0.39, 0.29) is 5.69 Å². The van der Waals surface area contributed by atoms with Crippen molar-refractivity contribution in [2.45, 2.75) is 19.4 Å². The molecule has 0 atom stereocenters. The fraction of sp³-hybridized carbons (Fsp3) is 0.107. The van der Waals surface area contributed by atoms with Gasteiger partial charge in [-0.15, -0.1) is 0 Å². The zero-order valence-corrected chi connectivity index (χ0v) is 18.7.